The molecule has 210 valence electrons. The van der Waals surface area contributed by atoms with Gasteiger partial charge in [-0.2, -0.15) is 0 Å². The minimum Gasteiger partial charge on any atom is -0.504 e. The molecule has 0 aromatic heterocycles. The Kier molecular flexibility index (Phi) is 9.01. The SMILES string of the molecule is CO[C@@H](CC(=O)O[C@@]1(C(=O)O)C[C@@H](O)[C@@H](O)[C@H](OC(=O)/C=C/c2ccc(O)c(O)c2)C1)c1ccc(O)c(O)c1. The minimum atomic E-state index is -2.36. The van der Waals surface area contributed by atoms with Gasteiger partial charge in [-0.1, -0.05) is 12.1 Å². The number of benzene rings is 2. The van der Waals surface area contributed by atoms with Crippen LogP contribution in [-0.2, 0) is 28.6 Å². The number of carboxylic acid groups (broad SMARTS) is 1. The molecule has 0 saturated heterocycles. The highest BCUT2D eigenvalue weighted by Crippen LogP contribution is 2.36. The van der Waals surface area contributed by atoms with Crippen LogP contribution in [0.25, 0.3) is 6.08 Å². The van der Waals surface area contributed by atoms with E-state index in [9.17, 15) is 50.1 Å². The Balaban J connectivity index is 1.73. The third-order valence-electron chi connectivity index (χ3n) is 6.23. The number of esters is 2. The first kappa shape index (κ1) is 29.2. The molecular formula is C26H28O13. The van der Waals surface area contributed by atoms with Gasteiger partial charge in [0.05, 0.1) is 18.6 Å². The summed E-state index contributed by atoms with van der Waals surface area (Å²) in [5, 5.41) is 68.7. The monoisotopic (exact) mass is 548 g/mol. The van der Waals surface area contributed by atoms with Crippen LogP contribution in [0.15, 0.2) is 42.5 Å². The van der Waals surface area contributed by atoms with Crippen molar-refractivity contribution in [3.8, 4) is 23.0 Å². The molecule has 3 rings (SSSR count). The molecule has 0 spiro atoms. The summed E-state index contributed by atoms with van der Waals surface area (Å²) in [6.07, 6.45) is -5.71. The number of carbonyl (C=O) groups is 3. The predicted octanol–water partition coefficient (Wildman–Crippen LogP) is 1.09. The molecular weight excluding hydrogens is 520 g/mol. The zero-order valence-electron chi connectivity index (χ0n) is 20.6. The number of methoxy groups -OCH3 is 1. The van der Waals surface area contributed by atoms with Crippen molar-refractivity contribution >= 4 is 24.0 Å². The molecule has 5 atom stereocenters. The quantitative estimate of drug-likeness (QED) is 0.133. The lowest BCUT2D eigenvalue weighted by molar-refractivity contribution is -0.210. The molecule has 1 aliphatic rings. The number of aromatic hydroxyl groups is 4. The largest absolute Gasteiger partial charge is 0.504 e. The van der Waals surface area contributed by atoms with E-state index in [2.05, 4.69) is 0 Å². The smallest absolute Gasteiger partial charge is 0.348 e. The first-order chi connectivity index (χ1) is 18.3. The second-order valence-corrected chi connectivity index (χ2v) is 8.97. The summed E-state index contributed by atoms with van der Waals surface area (Å²) in [5.41, 5.74) is -1.76. The van der Waals surface area contributed by atoms with E-state index >= 15 is 0 Å². The number of hydrogen-bond donors (Lipinski definition) is 7. The zero-order valence-corrected chi connectivity index (χ0v) is 20.6. The predicted molar refractivity (Wildman–Crippen MR) is 131 cm³/mol. The van der Waals surface area contributed by atoms with E-state index in [4.69, 9.17) is 14.2 Å². The van der Waals surface area contributed by atoms with E-state index in [0.29, 0.717) is 5.56 Å². The lowest BCUT2D eigenvalue weighted by atomic mass is 9.79. The molecule has 1 aliphatic carbocycles. The van der Waals surface area contributed by atoms with Crippen LogP contribution in [0.1, 0.15) is 36.5 Å². The van der Waals surface area contributed by atoms with Gasteiger partial charge in [0.1, 0.15) is 12.2 Å². The van der Waals surface area contributed by atoms with Crippen LogP contribution < -0.4 is 0 Å². The van der Waals surface area contributed by atoms with Crippen molar-refractivity contribution in [1.29, 1.82) is 0 Å². The molecule has 0 unspecified atom stereocenters. The average Bonchev–Trinajstić information content (AvgIpc) is 2.87. The highest BCUT2D eigenvalue weighted by molar-refractivity contribution is 5.87. The maximum Gasteiger partial charge on any atom is 0.348 e. The molecule has 2 aromatic rings. The van der Waals surface area contributed by atoms with Crippen molar-refractivity contribution in [2.45, 2.75) is 49.3 Å². The molecule has 1 saturated carbocycles. The van der Waals surface area contributed by atoms with Gasteiger partial charge in [-0.25, -0.2) is 9.59 Å². The van der Waals surface area contributed by atoms with E-state index in [1.54, 1.807) is 0 Å². The highest BCUT2D eigenvalue weighted by Gasteiger charge is 2.54. The fourth-order valence-electron chi connectivity index (χ4n) is 4.13. The molecule has 39 heavy (non-hydrogen) atoms. The number of hydrogen-bond acceptors (Lipinski definition) is 12. The van der Waals surface area contributed by atoms with Gasteiger partial charge in [0.2, 0.25) is 5.60 Å². The lowest BCUT2D eigenvalue weighted by Gasteiger charge is -2.41. The van der Waals surface area contributed by atoms with Gasteiger partial charge in [0.25, 0.3) is 0 Å². The van der Waals surface area contributed by atoms with Gasteiger partial charge in [0.15, 0.2) is 23.0 Å². The lowest BCUT2D eigenvalue weighted by Crippen LogP contribution is -2.59. The number of carboxylic acids is 1. The summed E-state index contributed by atoms with van der Waals surface area (Å²) in [6.45, 7) is 0. The summed E-state index contributed by atoms with van der Waals surface area (Å²) < 4.78 is 15.7. The highest BCUT2D eigenvalue weighted by atomic mass is 16.6. The first-order valence-electron chi connectivity index (χ1n) is 11.6. The maximum absolute atomic E-state index is 12.8. The van der Waals surface area contributed by atoms with Crippen LogP contribution in [0.3, 0.4) is 0 Å². The van der Waals surface area contributed by atoms with Crippen molar-refractivity contribution in [3.05, 3.63) is 53.6 Å². The number of rotatable bonds is 9. The molecule has 13 heteroatoms. The molecule has 0 bridgehead atoms. The summed E-state index contributed by atoms with van der Waals surface area (Å²) in [7, 11) is 1.26. The van der Waals surface area contributed by atoms with Gasteiger partial charge >= 0.3 is 17.9 Å². The Morgan fingerprint density at radius 3 is 2.21 bits per heavy atom. The number of aliphatic hydroxyl groups excluding tert-OH is 2. The second kappa shape index (κ2) is 12.0. The van der Waals surface area contributed by atoms with Gasteiger partial charge in [-0.3, -0.25) is 4.79 Å². The molecule has 0 heterocycles. The van der Waals surface area contributed by atoms with Crippen LogP contribution in [-0.4, -0.2) is 84.7 Å². The summed E-state index contributed by atoms with van der Waals surface area (Å²) in [4.78, 5) is 37.3. The van der Waals surface area contributed by atoms with Gasteiger partial charge in [-0.15, -0.1) is 0 Å². The summed E-state index contributed by atoms with van der Waals surface area (Å²) in [5.74, 6) is -5.39. The Morgan fingerprint density at radius 1 is 0.974 bits per heavy atom. The molecule has 7 N–H and O–H groups in total. The van der Waals surface area contributed by atoms with Crippen molar-refractivity contribution in [1.82, 2.24) is 0 Å². The van der Waals surface area contributed by atoms with E-state index in [-0.39, 0.29) is 11.3 Å². The van der Waals surface area contributed by atoms with Crippen molar-refractivity contribution in [2.75, 3.05) is 7.11 Å². The number of carbonyl (C=O) groups excluding carboxylic acids is 2. The van der Waals surface area contributed by atoms with Crippen molar-refractivity contribution in [3.63, 3.8) is 0 Å². The second-order valence-electron chi connectivity index (χ2n) is 8.97. The first-order valence-corrected chi connectivity index (χ1v) is 11.6. The van der Waals surface area contributed by atoms with Crippen molar-refractivity contribution in [2.24, 2.45) is 0 Å². The standard InChI is InChI=1S/C26H28O13/c1-37-20(14-4-6-16(28)18(30)9-14)10-23(33)39-26(25(35)36)11-19(31)24(34)21(12-26)38-22(32)7-3-13-2-5-15(27)17(29)8-13/h2-9,19-21,24,27-31,34H,10-12H2,1H3,(H,35,36)/b7-3+/t19-,20+,21-,24-,26+/m1/s1. The summed E-state index contributed by atoms with van der Waals surface area (Å²) >= 11 is 0. The fraction of sp³-hybridized carbons (Fsp3) is 0.346. The van der Waals surface area contributed by atoms with E-state index < -0.39 is 84.4 Å². The molecule has 13 nitrogen and oxygen atoms in total. The topological polar surface area (TPSA) is 221 Å². The molecule has 0 radical (unpaired) electrons. The van der Waals surface area contributed by atoms with Crippen LogP contribution in [0.4, 0.5) is 0 Å². The minimum absolute atomic E-state index is 0.286. The van der Waals surface area contributed by atoms with Gasteiger partial charge in [-0.05, 0) is 41.5 Å². The fourth-order valence-corrected chi connectivity index (χ4v) is 4.13. The van der Waals surface area contributed by atoms with Gasteiger partial charge in [0, 0.05) is 26.0 Å². The Labute approximate surface area is 221 Å². The molecule has 2 aromatic carbocycles. The number of phenols is 4. The molecule has 1 fully saturated rings. The number of aliphatic hydroxyl groups is 2. The number of phenolic OH excluding ortho intramolecular Hbond substituents is 4. The third-order valence-corrected chi connectivity index (χ3v) is 6.23. The van der Waals surface area contributed by atoms with Gasteiger partial charge < -0.3 is 50.0 Å². The maximum atomic E-state index is 12.8. The Hall–Kier alpha value is -4.33. The number of ether oxygens (including phenoxy) is 3. The molecule has 0 aliphatic heterocycles. The van der Waals surface area contributed by atoms with E-state index in [1.165, 1.54) is 43.5 Å². The zero-order chi connectivity index (χ0) is 28.9. The normalized spacial score (nSPS) is 23.7. The Morgan fingerprint density at radius 2 is 1.62 bits per heavy atom. The van der Waals surface area contributed by atoms with E-state index in [0.717, 1.165) is 12.1 Å². The van der Waals surface area contributed by atoms with Crippen LogP contribution in [0, 0.1) is 0 Å². The average molecular weight is 548 g/mol. The summed E-state index contributed by atoms with van der Waals surface area (Å²) in [6, 6.07) is 7.46. The van der Waals surface area contributed by atoms with Crippen LogP contribution in [0.2, 0.25) is 0 Å². The molecule has 0 amide bonds. The Bertz CT molecular complexity index is 1260. The van der Waals surface area contributed by atoms with Crippen molar-refractivity contribution < 1.29 is 64.3 Å². The van der Waals surface area contributed by atoms with Crippen LogP contribution >= 0.6 is 0 Å². The van der Waals surface area contributed by atoms with Crippen LogP contribution in [0.5, 0.6) is 23.0 Å². The number of aliphatic carboxylic acids is 1. The van der Waals surface area contributed by atoms with E-state index in [1.807, 2.05) is 0 Å². The third kappa shape index (κ3) is 6.96.